The number of aliphatic hydroxyl groups excluding tert-OH is 1. The summed E-state index contributed by atoms with van der Waals surface area (Å²) in [5.41, 5.74) is 0.528. The standard InChI is InChI=1S/C13H17Cl2NO3S/c14-10-5-9(6-11(15)7-10)8-20(18,19)16-12-3-1-2-4-13(12)17/h5-7,12-13,16-17H,1-4,8H2. The van der Waals surface area contributed by atoms with Crippen LogP contribution in [0.4, 0.5) is 0 Å². The van der Waals surface area contributed by atoms with Crippen molar-refractivity contribution in [1.29, 1.82) is 0 Å². The van der Waals surface area contributed by atoms with E-state index in [1.54, 1.807) is 18.2 Å². The van der Waals surface area contributed by atoms with Crippen LogP contribution in [0.15, 0.2) is 18.2 Å². The minimum absolute atomic E-state index is 0.198. The van der Waals surface area contributed by atoms with Crippen LogP contribution in [0.2, 0.25) is 10.0 Å². The highest BCUT2D eigenvalue weighted by molar-refractivity contribution is 7.88. The van der Waals surface area contributed by atoms with E-state index in [0.717, 1.165) is 12.8 Å². The van der Waals surface area contributed by atoms with E-state index in [-0.39, 0.29) is 5.75 Å². The first-order valence-corrected chi connectivity index (χ1v) is 8.89. The van der Waals surface area contributed by atoms with Gasteiger partial charge in [0.1, 0.15) is 0 Å². The van der Waals surface area contributed by atoms with Gasteiger partial charge in [0.2, 0.25) is 10.0 Å². The van der Waals surface area contributed by atoms with Crippen molar-refractivity contribution in [3.05, 3.63) is 33.8 Å². The molecule has 2 rings (SSSR count). The van der Waals surface area contributed by atoms with Crippen molar-refractivity contribution < 1.29 is 13.5 Å². The molecule has 1 saturated carbocycles. The summed E-state index contributed by atoms with van der Waals surface area (Å²) in [4.78, 5) is 0. The summed E-state index contributed by atoms with van der Waals surface area (Å²) >= 11 is 11.7. The van der Waals surface area contributed by atoms with Gasteiger partial charge in [-0.25, -0.2) is 13.1 Å². The van der Waals surface area contributed by atoms with Crippen LogP contribution in [0, 0.1) is 0 Å². The quantitative estimate of drug-likeness (QED) is 0.887. The minimum Gasteiger partial charge on any atom is -0.391 e. The molecule has 0 amide bonds. The van der Waals surface area contributed by atoms with Crippen molar-refractivity contribution in [2.45, 2.75) is 43.6 Å². The van der Waals surface area contributed by atoms with Crippen LogP contribution >= 0.6 is 23.2 Å². The smallest absolute Gasteiger partial charge is 0.216 e. The molecule has 0 radical (unpaired) electrons. The van der Waals surface area contributed by atoms with Gasteiger partial charge in [0.05, 0.1) is 11.9 Å². The Labute approximate surface area is 129 Å². The van der Waals surface area contributed by atoms with Crippen LogP contribution in [0.25, 0.3) is 0 Å². The second kappa shape index (κ2) is 6.62. The van der Waals surface area contributed by atoms with Gasteiger partial charge in [-0.1, -0.05) is 36.0 Å². The Morgan fingerprint density at radius 3 is 2.35 bits per heavy atom. The maximum absolute atomic E-state index is 12.1. The highest BCUT2D eigenvalue weighted by atomic mass is 35.5. The summed E-state index contributed by atoms with van der Waals surface area (Å²) in [5, 5.41) is 10.6. The number of rotatable bonds is 4. The van der Waals surface area contributed by atoms with Crippen molar-refractivity contribution in [1.82, 2.24) is 4.72 Å². The fourth-order valence-electron chi connectivity index (χ4n) is 2.43. The average molecular weight is 338 g/mol. The molecule has 2 atom stereocenters. The molecular weight excluding hydrogens is 321 g/mol. The zero-order valence-electron chi connectivity index (χ0n) is 10.9. The number of hydrogen-bond donors (Lipinski definition) is 2. The zero-order chi connectivity index (χ0) is 14.8. The zero-order valence-corrected chi connectivity index (χ0v) is 13.2. The molecule has 20 heavy (non-hydrogen) atoms. The molecular formula is C13H17Cl2NO3S. The largest absolute Gasteiger partial charge is 0.391 e. The number of benzene rings is 1. The first-order chi connectivity index (χ1) is 9.35. The molecule has 4 nitrogen and oxygen atoms in total. The minimum atomic E-state index is -3.53. The lowest BCUT2D eigenvalue weighted by atomic mass is 9.93. The van der Waals surface area contributed by atoms with E-state index in [1.165, 1.54) is 0 Å². The second-order valence-corrected chi connectivity index (χ2v) is 7.74. The summed E-state index contributed by atoms with van der Waals surface area (Å²) < 4.78 is 26.8. The Balaban J connectivity index is 2.06. The van der Waals surface area contributed by atoms with Crippen LogP contribution in [0.3, 0.4) is 0 Å². The number of hydrogen-bond acceptors (Lipinski definition) is 3. The summed E-state index contributed by atoms with van der Waals surface area (Å²) in [6, 6.07) is 4.30. The van der Waals surface area contributed by atoms with Crippen LogP contribution in [0.5, 0.6) is 0 Å². The van der Waals surface area contributed by atoms with Crippen molar-refractivity contribution in [2.24, 2.45) is 0 Å². The van der Waals surface area contributed by atoms with Crippen LogP contribution in [0.1, 0.15) is 31.2 Å². The lowest BCUT2D eigenvalue weighted by Gasteiger charge is -2.28. The number of nitrogens with one attached hydrogen (secondary N) is 1. The first kappa shape index (κ1) is 16.0. The molecule has 0 heterocycles. The molecule has 0 spiro atoms. The fraction of sp³-hybridized carbons (Fsp3) is 0.538. The van der Waals surface area contributed by atoms with Crippen molar-refractivity contribution in [3.63, 3.8) is 0 Å². The third-order valence-electron chi connectivity index (χ3n) is 3.34. The van der Waals surface area contributed by atoms with Crippen molar-refractivity contribution in [2.75, 3.05) is 0 Å². The van der Waals surface area contributed by atoms with E-state index in [0.29, 0.717) is 28.5 Å². The maximum atomic E-state index is 12.1. The molecule has 1 aliphatic carbocycles. The van der Waals surface area contributed by atoms with E-state index >= 15 is 0 Å². The lowest BCUT2D eigenvalue weighted by molar-refractivity contribution is 0.101. The molecule has 1 aliphatic rings. The SMILES string of the molecule is O=S(=O)(Cc1cc(Cl)cc(Cl)c1)NC1CCCCC1O. The van der Waals surface area contributed by atoms with Gasteiger partial charge >= 0.3 is 0 Å². The topological polar surface area (TPSA) is 66.4 Å². The van der Waals surface area contributed by atoms with E-state index in [9.17, 15) is 13.5 Å². The third-order valence-corrected chi connectivity index (χ3v) is 5.15. The van der Waals surface area contributed by atoms with E-state index < -0.39 is 22.2 Å². The number of aliphatic hydroxyl groups is 1. The molecule has 112 valence electrons. The molecule has 0 aliphatic heterocycles. The molecule has 0 aromatic heterocycles. The van der Waals surface area contributed by atoms with Gasteiger partial charge < -0.3 is 5.11 Å². The van der Waals surface area contributed by atoms with E-state index in [2.05, 4.69) is 4.72 Å². The monoisotopic (exact) mass is 337 g/mol. The molecule has 0 saturated heterocycles. The molecule has 2 N–H and O–H groups in total. The summed E-state index contributed by atoms with van der Waals surface area (Å²) in [7, 11) is -3.53. The van der Waals surface area contributed by atoms with Gasteiger partial charge in [0, 0.05) is 16.1 Å². The van der Waals surface area contributed by atoms with Crippen LogP contribution < -0.4 is 4.72 Å². The number of sulfonamides is 1. The highest BCUT2D eigenvalue weighted by Crippen LogP contribution is 2.22. The Morgan fingerprint density at radius 1 is 1.15 bits per heavy atom. The first-order valence-electron chi connectivity index (χ1n) is 6.49. The van der Waals surface area contributed by atoms with Crippen LogP contribution in [-0.2, 0) is 15.8 Å². The van der Waals surface area contributed by atoms with E-state index in [1.807, 2.05) is 0 Å². The van der Waals surface area contributed by atoms with Gasteiger partial charge in [-0.15, -0.1) is 0 Å². The maximum Gasteiger partial charge on any atom is 0.216 e. The van der Waals surface area contributed by atoms with Gasteiger partial charge in [-0.3, -0.25) is 0 Å². The molecule has 1 aromatic carbocycles. The summed E-state index contributed by atoms with van der Waals surface area (Å²) in [6.45, 7) is 0. The van der Waals surface area contributed by atoms with Crippen molar-refractivity contribution in [3.8, 4) is 0 Å². The van der Waals surface area contributed by atoms with Crippen molar-refractivity contribution >= 4 is 33.2 Å². The van der Waals surface area contributed by atoms with Gasteiger partial charge in [-0.05, 0) is 36.6 Å². The molecule has 7 heteroatoms. The Bertz CT molecular complexity index is 557. The molecule has 0 bridgehead atoms. The Hall–Kier alpha value is -0.330. The molecule has 1 fully saturated rings. The highest BCUT2D eigenvalue weighted by Gasteiger charge is 2.27. The normalized spacial score (nSPS) is 23.8. The molecule has 1 aromatic rings. The second-order valence-electron chi connectivity index (χ2n) is 5.11. The summed E-state index contributed by atoms with van der Waals surface area (Å²) in [5.74, 6) is -0.198. The molecule has 2 unspecified atom stereocenters. The summed E-state index contributed by atoms with van der Waals surface area (Å²) in [6.07, 6.45) is 2.55. The lowest BCUT2D eigenvalue weighted by Crippen LogP contribution is -2.45. The Kier molecular flexibility index (Phi) is 5.31. The third kappa shape index (κ3) is 4.60. The van der Waals surface area contributed by atoms with Gasteiger partial charge in [0.25, 0.3) is 0 Å². The predicted molar refractivity (Wildman–Crippen MR) is 80.5 cm³/mol. The van der Waals surface area contributed by atoms with Crippen LogP contribution in [-0.4, -0.2) is 25.7 Å². The van der Waals surface area contributed by atoms with Gasteiger partial charge in [0.15, 0.2) is 0 Å². The Morgan fingerprint density at radius 2 is 1.75 bits per heavy atom. The predicted octanol–water partition coefficient (Wildman–Crippen LogP) is 2.72. The fourth-order valence-corrected chi connectivity index (χ4v) is 4.43. The average Bonchev–Trinajstić information content (AvgIpc) is 2.29. The van der Waals surface area contributed by atoms with Gasteiger partial charge in [-0.2, -0.15) is 0 Å². The number of halogens is 2. The van der Waals surface area contributed by atoms with E-state index in [4.69, 9.17) is 23.2 Å².